The molecular weight excluding hydrogens is 484 g/mol. The topological polar surface area (TPSA) is 90.4 Å². The van der Waals surface area contributed by atoms with Gasteiger partial charge in [0, 0.05) is 49.5 Å². The van der Waals surface area contributed by atoms with Crippen LogP contribution in [0.3, 0.4) is 0 Å². The molecule has 0 radical (unpaired) electrons. The van der Waals surface area contributed by atoms with Crippen molar-refractivity contribution in [2.24, 2.45) is 0 Å². The number of anilines is 1. The fourth-order valence-corrected chi connectivity index (χ4v) is 4.99. The Morgan fingerprint density at radius 2 is 1.57 bits per heavy atom. The zero-order valence-electron chi connectivity index (χ0n) is 20.5. The molecule has 1 saturated carbocycles. The van der Waals surface area contributed by atoms with Gasteiger partial charge in [0.1, 0.15) is 30.0 Å². The third kappa shape index (κ3) is 6.62. The van der Waals surface area contributed by atoms with Crippen LogP contribution in [0.2, 0.25) is 0 Å². The van der Waals surface area contributed by atoms with Gasteiger partial charge in [-0.15, -0.1) is 0 Å². The number of piperidine rings is 1. The van der Waals surface area contributed by atoms with Crippen LogP contribution in [0.25, 0.3) is 0 Å². The SMILES string of the molecule is O=C(c1cc(F)cc(F)c1)N1CCN(c2ccc(OC3CCN(C4CCC4)CC3)cc2)C(=O)C1.O=CO. The highest BCUT2D eigenvalue weighted by Crippen LogP contribution is 2.29. The minimum atomic E-state index is -0.820. The van der Waals surface area contributed by atoms with E-state index in [4.69, 9.17) is 14.6 Å². The van der Waals surface area contributed by atoms with Crippen LogP contribution in [-0.4, -0.2) is 78.1 Å². The molecule has 0 atom stereocenters. The summed E-state index contributed by atoms with van der Waals surface area (Å²) in [5.74, 6) is -1.65. The maximum Gasteiger partial charge on any atom is 0.290 e. The van der Waals surface area contributed by atoms with Gasteiger partial charge in [-0.2, -0.15) is 0 Å². The number of carboxylic acid groups (broad SMARTS) is 1. The summed E-state index contributed by atoms with van der Waals surface area (Å²) in [5.41, 5.74) is 0.639. The molecule has 0 bridgehead atoms. The van der Waals surface area contributed by atoms with Crippen LogP contribution in [0.4, 0.5) is 14.5 Å². The van der Waals surface area contributed by atoms with E-state index in [1.165, 1.54) is 24.2 Å². The summed E-state index contributed by atoms with van der Waals surface area (Å²) in [6, 6.07) is 10.9. The molecule has 2 heterocycles. The second kappa shape index (κ2) is 12.1. The van der Waals surface area contributed by atoms with Gasteiger partial charge in [0.25, 0.3) is 12.4 Å². The van der Waals surface area contributed by atoms with Crippen LogP contribution in [-0.2, 0) is 9.59 Å². The first kappa shape index (κ1) is 26.5. The number of amides is 2. The number of ether oxygens (including phenoxy) is 1. The lowest BCUT2D eigenvalue weighted by atomic mass is 9.90. The molecule has 10 heteroatoms. The van der Waals surface area contributed by atoms with Gasteiger partial charge in [0.15, 0.2) is 0 Å². The first-order valence-corrected chi connectivity index (χ1v) is 12.5. The average molecular weight is 516 g/mol. The molecule has 2 aliphatic heterocycles. The number of carbonyl (C=O) groups is 3. The highest BCUT2D eigenvalue weighted by atomic mass is 19.1. The second-order valence-corrected chi connectivity index (χ2v) is 9.47. The number of halogens is 2. The van der Waals surface area contributed by atoms with Crippen molar-refractivity contribution in [1.82, 2.24) is 9.80 Å². The fourth-order valence-electron chi connectivity index (χ4n) is 4.99. The van der Waals surface area contributed by atoms with Crippen LogP contribution in [0, 0.1) is 11.6 Å². The Morgan fingerprint density at radius 3 is 2.11 bits per heavy atom. The molecular formula is C27H31F2N3O5. The normalized spacial score (nSPS) is 19.0. The Kier molecular flexibility index (Phi) is 8.70. The van der Waals surface area contributed by atoms with E-state index in [1.54, 1.807) is 4.90 Å². The molecule has 5 rings (SSSR count). The number of rotatable bonds is 5. The highest BCUT2D eigenvalue weighted by Gasteiger charge is 2.30. The average Bonchev–Trinajstić information content (AvgIpc) is 2.84. The Hall–Kier alpha value is -3.53. The maximum atomic E-state index is 13.5. The summed E-state index contributed by atoms with van der Waals surface area (Å²) in [6.07, 6.45) is 6.29. The molecule has 3 fully saturated rings. The predicted molar refractivity (Wildman–Crippen MR) is 133 cm³/mol. The third-order valence-corrected chi connectivity index (χ3v) is 7.14. The summed E-state index contributed by atoms with van der Waals surface area (Å²) >= 11 is 0. The number of likely N-dealkylation sites (tertiary alicyclic amines) is 1. The number of piperazine rings is 1. The number of carbonyl (C=O) groups excluding carboxylic acids is 2. The molecule has 2 amide bonds. The number of hydrogen-bond donors (Lipinski definition) is 1. The molecule has 2 aromatic rings. The van der Waals surface area contributed by atoms with Crippen LogP contribution >= 0.6 is 0 Å². The van der Waals surface area contributed by atoms with Gasteiger partial charge in [-0.25, -0.2) is 8.78 Å². The van der Waals surface area contributed by atoms with Crippen molar-refractivity contribution in [2.75, 3.05) is 37.6 Å². The summed E-state index contributed by atoms with van der Waals surface area (Å²) < 4.78 is 33.1. The van der Waals surface area contributed by atoms with E-state index in [9.17, 15) is 18.4 Å². The van der Waals surface area contributed by atoms with Gasteiger partial charge >= 0.3 is 0 Å². The lowest BCUT2D eigenvalue weighted by Crippen LogP contribution is -2.52. The van der Waals surface area contributed by atoms with E-state index in [2.05, 4.69) is 4.90 Å². The Morgan fingerprint density at radius 1 is 0.946 bits per heavy atom. The number of nitrogens with zero attached hydrogens (tertiary/aromatic N) is 3. The van der Waals surface area contributed by atoms with Gasteiger partial charge in [-0.3, -0.25) is 14.4 Å². The maximum absolute atomic E-state index is 13.5. The molecule has 2 saturated heterocycles. The van der Waals surface area contributed by atoms with Crippen LogP contribution in [0.1, 0.15) is 42.5 Å². The number of hydrogen-bond acceptors (Lipinski definition) is 5. The van der Waals surface area contributed by atoms with Crippen molar-refractivity contribution < 1.29 is 33.0 Å². The van der Waals surface area contributed by atoms with Crippen LogP contribution in [0.15, 0.2) is 42.5 Å². The minimum absolute atomic E-state index is 0.0984. The molecule has 198 valence electrons. The van der Waals surface area contributed by atoms with E-state index in [-0.39, 0.29) is 37.1 Å². The first-order chi connectivity index (χ1) is 17.9. The molecule has 1 aliphatic carbocycles. The van der Waals surface area contributed by atoms with E-state index < -0.39 is 17.5 Å². The third-order valence-electron chi connectivity index (χ3n) is 7.14. The lowest BCUT2D eigenvalue weighted by molar-refractivity contribution is -0.123. The van der Waals surface area contributed by atoms with Crippen molar-refractivity contribution in [3.8, 4) is 5.75 Å². The molecule has 0 aromatic heterocycles. The van der Waals surface area contributed by atoms with Gasteiger partial charge in [-0.05, 0) is 62.1 Å². The zero-order chi connectivity index (χ0) is 26.4. The molecule has 3 aliphatic rings. The van der Waals surface area contributed by atoms with Gasteiger partial charge in [-0.1, -0.05) is 6.42 Å². The largest absolute Gasteiger partial charge is 0.490 e. The van der Waals surface area contributed by atoms with Crippen molar-refractivity contribution in [2.45, 2.75) is 44.2 Å². The Balaban J connectivity index is 0.00000102. The number of benzene rings is 2. The molecule has 2 aromatic carbocycles. The Labute approximate surface area is 214 Å². The molecule has 0 spiro atoms. The summed E-state index contributed by atoms with van der Waals surface area (Å²) in [6.45, 7) is 2.37. The molecule has 37 heavy (non-hydrogen) atoms. The zero-order valence-corrected chi connectivity index (χ0v) is 20.5. The standard InChI is InChI=1S/C26H29F2N3O3.CH2O2/c27-19-14-18(15-20(28)16-19)26(33)30-12-13-31(25(32)17-30)22-4-6-23(7-5-22)34-24-8-10-29(11-9-24)21-2-1-3-21;2-1-3/h4-7,14-16,21,24H,1-3,8-13,17H2;1H,(H,2,3). The monoisotopic (exact) mass is 515 g/mol. The molecule has 8 nitrogen and oxygen atoms in total. The van der Waals surface area contributed by atoms with Gasteiger partial charge in [0.2, 0.25) is 5.91 Å². The minimum Gasteiger partial charge on any atom is -0.490 e. The summed E-state index contributed by atoms with van der Waals surface area (Å²) in [5, 5.41) is 6.89. The van der Waals surface area contributed by atoms with Crippen molar-refractivity contribution in [3.05, 3.63) is 59.7 Å². The van der Waals surface area contributed by atoms with E-state index in [0.717, 1.165) is 55.5 Å². The smallest absolute Gasteiger partial charge is 0.290 e. The van der Waals surface area contributed by atoms with E-state index >= 15 is 0 Å². The van der Waals surface area contributed by atoms with Crippen molar-refractivity contribution in [1.29, 1.82) is 0 Å². The van der Waals surface area contributed by atoms with Gasteiger partial charge in [0.05, 0.1) is 0 Å². The summed E-state index contributed by atoms with van der Waals surface area (Å²) in [4.78, 5) is 39.2. The first-order valence-electron chi connectivity index (χ1n) is 12.5. The van der Waals surface area contributed by atoms with Crippen molar-refractivity contribution >= 4 is 24.0 Å². The fraction of sp³-hybridized carbons (Fsp3) is 0.444. The van der Waals surface area contributed by atoms with Crippen LogP contribution in [0.5, 0.6) is 5.75 Å². The van der Waals surface area contributed by atoms with Crippen LogP contribution < -0.4 is 9.64 Å². The molecule has 0 unspecified atom stereocenters. The molecule has 1 N–H and O–H groups in total. The van der Waals surface area contributed by atoms with E-state index in [1.807, 2.05) is 24.3 Å². The Bertz CT molecular complexity index is 1080. The highest BCUT2D eigenvalue weighted by molar-refractivity contribution is 6.01. The predicted octanol–water partition coefficient (Wildman–Crippen LogP) is 3.55. The second-order valence-electron chi connectivity index (χ2n) is 9.47. The lowest BCUT2D eigenvalue weighted by Gasteiger charge is -2.41. The van der Waals surface area contributed by atoms with Gasteiger partial charge < -0.3 is 24.5 Å². The quantitative estimate of drug-likeness (QED) is 0.613. The summed E-state index contributed by atoms with van der Waals surface area (Å²) in [7, 11) is 0. The van der Waals surface area contributed by atoms with E-state index in [0.29, 0.717) is 12.6 Å². The van der Waals surface area contributed by atoms with Crippen molar-refractivity contribution in [3.63, 3.8) is 0 Å².